The lowest BCUT2D eigenvalue weighted by Gasteiger charge is -2.34. The van der Waals surface area contributed by atoms with Crippen LogP contribution in [0.2, 0.25) is 0 Å². The predicted molar refractivity (Wildman–Crippen MR) is 109 cm³/mol. The van der Waals surface area contributed by atoms with Gasteiger partial charge in [-0.2, -0.15) is 0 Å². The zero-order chi connectivity index (χ0) is 19.3. The van der Waals surface area contributed by atoms with E-state index >= 15 is 0 Å². The number of aromatic amines is 1. The van der Waals surface area contributed by atoms with E-state index in [0.717, 1.165) is 16.5 Å². The number of rotatable bonds is 5. The van der Waals surface area contributed by atoms with E-state index in [1.807, 2.05) is 59.5 Å². The summed E-state index contributed by atoms with van der Waals surface area (Å²) < 4.78 is 0. The second-order valence-corrected chi connectivity index (χ2v) is 7.08. The van der Waals surface area contributed by atoms with E-state index in [1.165, 1.54) is 0 Å². The van der Waals surface area contributed by atoms with Crippen molar-refractivity contribution >= 4 is 22.7 Å². The first-order valence-corrected chi connectivity index (χ1v) is 9.59. The van der Waals surface area contributed by atoms with E-state index in [4.69, 9.17) is 0 Å². The topological polar surface area (TPSA) is 68.4 Å². The number of nitrogens with one attached hydrogen (secondary N) is 2. The van der Waals surface area contributed by atoms with Crippen LogP contribution >= 0.6 is 0 Å². The lowest BCUT2D eigenvalue weighted by Crippen LogP contribution is -2.51. The highest BCUT2D eigenvalue weighted by molar-refractivity contribution is 6.06. The highest BCUT2D eigenvalue weighted by Gasteiger charge is 2.24. The normalized spacial score (nSPS) is 14.9. The lowest BCUT2D eigenvalue weighted by molar-refractivity contribution is -0.122. The number of piperazine rings is 1. The molecule has 3 aromatic rings. The number of nitrogens with zero attached hydrogens (tertiary/aromatic N) is 2. The summed E-state index contributed by atoms with van der Waals surface area (Å²) in [6.45, 7) is 3.56. The Morgan fingerprint density at radius 2 is 1.64 bits per heavy atom. The number of carbonyl (C=O) groups is 2. The molecule has 0 bridgehead atoms. The molecule has 1 aliphatic heterocycles. The van der Waals surface area contributed by atoms with Crippen molar-refractivity contribution in [3.8, 4) is 0 Å². The average Bonchev–Trinajstić information content (AvgIpc) is 3.17. The molecule has 0 saturated carbocycles. The van der Waals surface area contributed by atoms with E-state index < -0.39 is 0 Å². The number of hydrogen-bond acceptors (Lipinski definition) is 3. The van der Waals surface area contributed by atoms with Crippen molar-refractivity contribution in [1.82, 2.24) is 20.1 Å². The summed E-state index contributed by atoms with van der Waals surface area (Å²) in [7, 11) is 0. The first-order chi connectivity index (χ1) is 13.7. The Morgan fingerprint density at radius 3 is 2.43 bits per heavy atom. The molecule has 144 valence electrons. The third-order valence-corrected chi connectivity index (χ3v) is 5.18. The highest BCUT2D eigenvalue weighted by atomic mass is 16.2. The van der Waals surface area contributed by atoms with Crippen molar-refractivity contribution < 1.29 is 9.59 Å². The molecule has 1 fully saturated rings. The molecule has 2 heterocycles. The molecule has 0 radical (unpaired) electrons. The number of benzene rings is 2. The van der Waals surface area contributed by atoms with Gasteiger partial charge in [0.15, 0.2) is 0 Å². The van der Waals surface area contributed by atoms with Crippen LogP contribution in [0.4, 0.5) is 0 Å². The minimum absolute atomic E-state index is 0.0141. The molecule has 4 rings (SSSR count). The molecule has 0 aliphatic carbocycles. The van der Waals surface area contributed by atoms with Gasteiger partial charge in [0.05, 0.1) is 12.1 Å². The van der Waals surface area contributed by atoms with Gasteiger partial charge in [-0.3, -0.25) is 14.5 Å². The molecule has 6 heteroatoms. The number of aromatic nitrogens is 1. The van der Waals surface area contributed by atoms with Crippen LogP contribution in [0.1, 0.15) is 15.9 Å². The van der Waals surface area contributed by atoms with Crippen molar-refractivity contribution in [3.63, 3.8) is 0 Å². The van der Waals surface area contributed by atoms with Crippen molar-refractivity contribution in [2.75, 3.05) is 32.7 Å². The second-order valence-electron chi connectivity index (χ2n) is 7.08. The maximum absolute atomic E-state index is 12.9. The Bertz CT molecular complexity index is 959. The van der Waals surface area contributed by atoms with Gasteiger partial charge in [-0.25, -0.2) is 0 Å². The van der Waals surface area contributed by atoms with Gasteiger partial charge in [0.25, 0.3) is 5.91 Å². The molecule has 1 aliphatic rings. The number of amides is 2. The Balaban J connectivity index is 1.27. The van der Waals surface area contributed by atoms with E-state index in [1.54, 1.807) is 6.20 Å². The Labute approximate surface area is 164 Å². The zero-order valence-corrected chi connectivity index (χ0v) is 15.7. The van der Waals surface area contributed by atoms with Gasteiger partial charge in [-0.15, -0.1) is 0 Å². The first-order valence-electron chi connectivity index (χ1n) is 9.59. The zero-order valence-electron chi connectivity index (χ0n) is 15.7. The summed E-state index contributed by atoms with van der Waals surface area (Å²) in [5.74, 6) is 0.0610. The van der Waals surface area contributed by atoms with Gasteiger partial charge in [0.2, 0.25) is 5.91 Å². The summed E-state index contributed by atoms with van der Waals surface area (Å²) in [4.78, 5) is 32.2. The third-order valence-electron chi connectivity index (χ3n) is 5.18. The Hall–Kier alpha value is -3.12. The predicted octanol–water partition coefficient (Wildman–Crippen LogP) is 2.24. The van der Waals surface area contributed by atoms with Crippen molar-refractivity contribution in [2.24, 2.45) is 0 Å². The van der Waals surface area contributed by atoms with Crippen molar-refractivity contribution in [2.45, 2.75) is 6.54 Å². The van der Waals surface area contributed by atoms with Crippen LogP contribution in [0.25, 0.3) is 10.9 Å². The molecule has 6 nitrogen and oxygen atoms in total. The van der Waals surface area contributed by atoms with Crippen LogP contribution in [0.15, 0.2) is 60.8 Å². The average molecular weight is 376 g/mol. The summed E-state index contributed by atoms with van der Waals surface area (Å²) >= 11 is 0. The number of para-hydroxylation sites is 1. The molecule has 2 N–H and O–H groups in total. The van der Waals surface area contributed by atoms with Crippen molar-refractivity contribution in [3.05, 3.63) is 71.9 Å². The molecule has 0 atom stereocenters. The van der Waals surface area contributed by atoms with Gasteiger partial charge >= 0.3 is 0 Å². The number of fused-ring (bicyclic) bond motifs is 1. The SMILES string of the molecule is O=C(CN1CCN(C(=O)c2c[nH]c3ccccc23)CC1)NCc1ccccc1. The summed E-state index contributed by atoms with van der Waals surface area (Å²) in [6.07, 6.45) is 1.79. The Morgan fingerprint density at radius 1 is 0.929 bits per heavy atom. The van der Waals surface area contributed by atoms with Crippen LogP contribution in [-0.4, -0.2) is 59.3 Å². The van der Waals surface area contributed by atoms with Crippen LogP contribution in [0.3, 0.4) is 0 Å². The molecular formula is C22H24N4O2. The molecule has 0 spiro atoms. The van der Waals surface area contributed by atoms with Gasteiger partial charge in [0.1, 0.15) is 0 Å². The van der Waals surface area contributed by atoms with E-state index in [9.17, 15) is 9.59 Å². The maximum Gasteiger partial charge on any atom is 0.256 e. The standard InChI is InChI=1S/C22H24N4O2/c27-21(24-14-17-6-2-1-3-7-17)16-25-10-12-26(13-11-25)22(28)19-15-23-20-9-5-4-8-18(19)20/h1-9,15,23H,10-14,16H2,(H,24,27). The second kappa shape index (κ2) is 8.27. The molecule has 1 aromatic heterocycles. The fourth-order valence-corrected chi connectivity index (χ4v) is 3.58. The Kier molecular flexibility index (Phi) is 5.39. The summed E-state index contributed by atoms with van der Waals surface area (Å²) in [5.41, 5.74) is 2.77. The third kappa shape index (κ3) is 4.07. The maximum atomic E-state index is 12.9. The minimum atomic E-state index is 0.0141. The van der Waals surface area contributed by atoms with Gasteiger partial charge in [-0.1, -0.05) is 48.5 Å². The molecular weight excluding hydrogens is 352 g/mol. The van der Waals surface area contributed by atoms with Gasteiger partial charge in [0, 0.05) is 49.8 Å². The number of H-pyrrole nitrogens is 1. The van der Waals surface area contributed by atoms with Gasteiger partial charge < -0.3 is 15.2 Å². The smallest absolute Gasteiger partial charge is 0.256 e. The highest BCUT2D eigenvalue weighted by Crippen LogP contribution is 2.20. The first kappa shape index (κ1) is 18.3. The minimum Gasteiger partial charge on any atom is -0.360 e. The number of hydrogen-bond donors (Lipinski definition) is 2. The largest absolute Gasteiger partial charge is 0.360 e. The van der Waals surface area contributed by atoms with Crippen LogP contribution in [0, 0.1) is 0 Å². The lowest BCUT2D eigenvalue weighted by atomic mass is 10.1. The quantitative estimate of drug-likeness (QED) is 0.718. The fourth-order valence-electron chi connectivity index (χ4n) is 3.58. The van der Waals surface area contributed by atoms with Crippen LogP contribution in [-0.2, 0) is 11.3 Å². The van der Waals surface area contributed by atoms with Crippen LogP contribution in [0.5, 0.6) is 0 Å². The molecule has 1 saturated heterocycles. The molecule has 2 aromatic carbocycles. The summed E-state index contributed by atoms with van der Waals surface area (Å²) in [6, 6.07) is 17.7. The van der Waals surface area contributed by atoms with E-state index in [2.05, 4.69) is 15.2 Å². The fraction of sp³-hybridized carbons (Fsp3) is 0.273. The van der Waals surface area contributed by atoms with E-state index in [-0.39, 0.29) is 11.8 Å². The molecule has 28 heavy (non-hydrogen) atoms. The van der Waals surface area contributed by atoms with E-state index in [0.29, 0.717) is 44.8 Å². The number of carbonyl (C=O) groups excluding carboxylic acids is 2. The molecule has 2 amide bonds. The van der Waals surface area contributed by atoms with Crippen molar-refractivity contribution in [1.29, 1.82) is 0 Å². The summed E-state index contributed by atoms with van der Waals surface area (Å²) in [5, 5.41) is 3.91. The monoisotopic (exact) mass is 376 g/mol. The van der Waals surface area contributed by atoms with Crippen LogP contribution < -0.4 is 5.32 Å². The van der Waals surface area contributed by atoms with Gasteiger partial charge in [-0.05, 0) is 11.6 Å². The molecule has 0 unspecified atom stereocenters.